The largest absolute Gasteiger partial charge is 0.354 e. The molecule has 0 aromatic rings. The summed E-state index contributed by atoms with van der Waals surface area (Å²) in [6.45, 7) is 1.15. The summed E-state index contributed by atoms with van der Waals surface area (Å²) in [7, 11) is -3.05. The van der Waals surface area contributed by atoms with Gasteiger partial charge in [-0.2, -0.15) is 0 Å². The van der Waals surface area contributed by atoms with Crippen LogP contribution in [-0.4, -0.2) is 56.3 Å². The highest BCUT2D eigenvalue weighted by molar-refractivity contribution is 7.91. The molecule has 6 nitrogen and oxygen atoms in total. The summed E-state index contributed by atoms with van der Waals surface area (Å²) in [4.78, 5) is 24.9. The molecule has 2 fully saturated rings. The van der Waals surface area contributed by atoms with Gasteiger partial charge in [-0.15, -0.1) is 0 Å². The van der Waals surface area contributed by atoms with Crippen LogP contribution in [0.15, 0.2) is 0 Å². The lowest BCUT2D eigenvalue weighted by molar-refractivity contribution is -0.138. The summed E-state index contributed by atoms with van der Waals surface area (Å²) < 4.78 is 22.6. The highest BCUT2D eigenvalue weighted by Crippen LogP contribution is 2.21. The van der Waals surface area contributed by atoms with Gasteiger partial charge < -0.3 is 10.2 Å². The third-order valence-electron chi connectivity index (χ3n) is 3.15. The van der Waals surface area contributed by atoms with Gasteiger partial charge in [0, 0.05) is 13.1 Å². The van der Waals surface area contributed by atoms with E-state index >= 15 is 0 Å². The Morgan fingerprint density at radius 1 is 1.41 bits per heavy atom. The van der Waals surface area contributed by atoms with Crippen LogP contribution >= 0.6 is 0 Å². The van der Waals surface area contributed by atoms with Gasteiger partial charge in [-0.3, -0.25) is 9.59 Å². The van der Waals surface area contributed by atoms with E-state index in [9.17, 15) is 18.0 Å². The van der Waals surface area contributed by atoms with Crippen molar-refractivity contribution in [2.45, 2.75) is 12.8 Å². The SMILES string of the molecule is O=C1CN(C(=O)C2CCS(=O)(=O)C2)CCCN1. The zero-order chi connectivity index (χ0) is 12.5. The molecule has 0 radical (unpaired) electrons. The van der Waals surface area contributed by atoms with Gasteiger partial charge in [0.2, 0.25) is 11.8 Å². The topological polar surface area (TPSA) is 83.6 Å². The zero-order valence-corrected chi connectivity index (χ0v) is 10.3. The van der Waals surface area contributed by atoms with Gasteiger partial charge in [0.05, 0.1) is 24.0 Å². The van der Waals surface area contributed by atoms with Gasteiger partial charge >= 0.3 is 0 Å². The average molecular weight is 260 g/mol. The van der Waals surface area contributed by atoms with Crippen LogP contribution in [0.4, 0.5) is 0 Å². The Balaban J connectivity index is 2.02. The summed E-state index contributed by atoms with van der Waals surface area (Å²) in [5.74, 6) is -0.793. The monoisotopic (exact) mass is 260 g/mol. The predicted octanol–water partition coefficient (Wildman–Crippen LogP) is -1.23. The van der Waals surface area contributed by atoms with Crippen molar-refractivity contribution in [2.24, 2.45) is 5.92 Å². The van der Waals surface area contributed by atoms with Gasteiger partial charge in [0.15, 0.2) is 9.84 Å². The molecule has 0 saturated carbocycles. The predicted molar refractivity (Wildman–Crippen MR) is 61.0 cm³/mol. The summed E-state index contributed by atoms with van der Waals surface area (Å²) >= 11 is 0. The second-order valence-electron chi connectivity index (χ2n) is 4.56. The molecule has 2 aliphatic rings. The quantitative estimate of drug-likeness (QED) is 0.640. The molecule has 2 rings (SSSR count). The maximum Gasteiger partial charge on any atom is 0.239 e. The van der Waals surface area contributed by atoms with Gasteiger partial charge in [-0.05, 0) is 12.8 Å². The Labute approximate surface area is 100 Å². The number of hydrogen-bond acceptors (Lipinski definition) is 4. The zero-order valence-electron chi connectivity index (χ0n) is 9.52. The number of sulfone groups is 1. The van der Waals surface area contributed by atoms with Crippen molar-refractivity contribution >= 4 is 21.7 Å². The van der Waals surface area contributed by atoms with Crippen molar-refractivity contribution in [1.29, 1.82) is 0 Å². The molecule has 2 amide bonds. The first-order valence-corrected chi connectivity index (χ1v) is 7.56. The lowest BCUT2D eigenvalue weighted by Gasteiger charge is -2.21. The third kappa shape index (κ3) is 2.96. The summed E-state index contributed by atoms with van der Waals surface area (Å²) in [5.41, 5.74) is 0. The van der Waals surface area contributed by atoms with E-state index in [1.165, 1.54) is 4.90 Å². The number of hydrogen-bond donors (Lipinski definition) is 1. The number of nitrogens with zero attached hydrogens (tertiary/aromatic N) is 1. The maximum atomic E-state index is 12.1. The fourth-order valence-corrected chi connectivity index (χ4v) is 3.97. The smallest absolute Gasteiger partial charge is 0.239 e. The normalized spacial score (nSPS) is 28.6. The van der Waals surface area contributed by atoms with Crippen molar-refractivity contribution in [1.82, 2.24) is 10.2 Å². The Hall–Kier alpha value is -1.11. The molecule has 0 aromatic heterocycles. The lowest BCUT2D eigenvalue weighted by atomic mass is 10.1. The fraction of sp³-hybridized carbons (Fsp3) is 0.800. The minimum Gasteiger partial charge on any atom is -0.354 e. The van der Waals surface area contributed by atoms with Gasteiger partial charge in [-0.1, -0.05) is 0 Å². The van der Waals surface area contributed by atoms with Crippen LogP contribution in [0.25, 0.3) is 0 Å². The molecule has 0 spiro atoms. The van der Waals surface area contributed by atoms with Crippen molar-refractivity contribution in [3.8, 4) is 0 Å². The van der Waals surface area contributed by atoms with E-state index in [2.05, 4.69) is 5.32 Å². The van der Waals surface area contributed by atoms with E-state index < -0.39 is 15.8 Å². The van der Waals surface area contributed by atoms with Gasteiger partial charge in [0.25, 0.3) is 0 Å². The number of carbonyl (C=O) groups is 2. The Morgan fingerprint density at radius 2 is 2.18 bits per heavy atom. The standard InChI is InChI=1S/C10H16N2O4S/c13-9-6-12(4-1-3-11-9)10(14)8-2-5-17(15,16)7-8/h8H,1-7H2,(H,11,13). The number of rotatable bonds is 1. The van der Waals surface area contributed by atoms with E-state index in [0.29, 0.717) is 19.5 Å². The summed E-state index contributed by atoms with van der Waals surface area (Å²) in [5, 5.41) is 2.69. The third-order valence-corrected chi connectivity index (χ3v) is 4.92. The van der Waals surface area contributed by atoms with Crippen molar-refractivity contribution < 1.29 is 18.0 Å². The molecular formula is C10H16N2O4S. The summed E-state index contributed by atoms with van der Waals surface area (Å²) in [6.07, 6.45) is 1.11. The first-order chi connectivity index (χ1) is 7.98. The van der Waals surface area contributed by atoms with Crippen LogP contribution in [0, 0.1) is 5.92 Å². The van der Waals surface area contributed by atoms with E-state index in [0.717, 1.165) is 6.42 Å². The maximum absolute atomic E-state index is 12.1. The lowest BCUT2D eigenvalue weighted by Crippen LogP contribution is -2.41. The summed E-state index contributed by atoms with van der Waals surface area (Å²) in [6, 6.07) is 0. The van der Waals surface area contributed by atoms with E-state index in [1.807, 2.05) is 0 Å². The average Bonchev–Trinajstić information content (AvgIpc) is 2.48. The van der Waals surface area contributed by atoms with Crippen LogP contribution < -0.4 is 5.32 Å². The minimum atomic E-state index is -3.05. The first kappa shape index (κ1) is 12.3. The molecule has 17 heavy (non-hydrogen) atoms. The second-order valence-corrected chi connectivity index (χ2v) is 6.79. The molecule has 2 aliphatic heterocycles. The second kappa shape index (κ2) is 4.64. The first-order valence-electron chi connectivity index (χ1n) is 5.74. The van der Waals surface area contributed by atoms with Gasteiger partial charge in [0.1, 0.15) is 0 Å². The Morgan fingerprint density at radius 3 is 2.82 bits per heavy atom. The van der Waals surface area contributed by atoms with Crippen molar-refractivity contribution in [3.05, 3.63) is 0 Å². The highest BCUT2D eigenvalue weighted by Gasteiger charge is 2.36. The number of carbonyl (C=O) groups excluding carboxylic acids is 2. The van der Waals surface area contributed by atoms with E-state index in [-0.39, 0.29) is 29.9 Å². The molecule has 2 saturated heterocycles. The van der Waals surface area contributed by atoms with E-state index in [4.69, 9.17) is 0 Å². The molecule has 1 unspecified atom stereocenters. The van der Waals surface area contributed by atoms with Crippen molar-refractivity contribution in [2.75, 3.05) is 31.1 Å². The molecular weight excluding hydrogens is 244 g/mol. The molecule has 2 heterocycles. The number of nitrogens with one attached hydrogen (secondary N) is 1. The molecule has 0 aromatic carbocycles. The Bertz CT molecular complexity index is 432. The fourth-order valence-electron chi connectivity index (χ4n) is 2.24. The van der Waals surface area contributed by atoms with Crippen LogP contribution in [0.3, 0.4) is 0 Å². The van der Waals surface area contributed by atoms with Crippen molar-refractivity contribution in [3.63, 3.8) is 0 Å². The molecule has 96 valence electrons. The molecule has 1 atom stereocenters. The molecule has 0 bridgehead atoms. The molecule has 1 N–H and O–H groups in total. The highest BCUT2D eigenvalue weighted by atomic mass is 32.2. The van der Waals surface area contributed by atoms with Crippen LogP contribution in [0.1, 0.15) is 12.8 Å². The van der Waals surface area contributed by atoms with Crippen LogP contribution in [-0.2, 0) is 19.4 Å². The van der Waals surface area contributed by atoms with Crippen LogP contribution in [0.5, 0.6) is 0 Å². The molecule has 0 aliphatic carbocycles. The van der Waals surface area contributed by atoms with E-state index in [1.54, 1.807) is 0 Å². The molecule has 7 heteroatoms. The van der Waals surface area contributed by atoms with Crippen LogP contribution in [0.2, 0.25) is 0 Å². The van der Waals surface area contributed by atoms with Gasteiger partial charge in [-0.25, -0.2) is 8.42 Å². The number of amides is 2. The minimum absolute atomic E-state index is 0.0510. The Kier molecular flexibility index (Phi) is 3.37.